The Hall–Kier alpha value is -2.08. The van der Waals surface area contributed by atoms with Gasteiger partial charge in [0.25, 0.3) is 0 Å². The number of nitrogens with zero attached hydrogens (tertiary/aromatic N) is 2. The number of rotatable bonds is 6. The molecule has 0 spiro atoms. The lowest BCUT2D eigenvalue weighted by atomic mass is 10.1. The average Bonchev–Trinajstić information content (AvgIpc) is 2.92. The molecule has 0 aliphatic carbocycles. The van der Waals surface area contributed by atoms with Gasteiger partial charge in [-0.15, -0.1) is 11.6 Å². The van der Waals surface area contributed by atoms with E-state index < -0.39 is 4.92 Å². The van der Waals surface area contributed by atoms with Gasteiger partial charge in [0.05, 0.1) is 23.8 Å². The molecule has 106 valence electrons. The summed E-state index contributed by atoms with van der Waals surface area (Å²) in [5.41, 5.74) is 0.398. The normalized spacial score (nSPS) is 10.5. The second kappa shape index (κ2) is 6.38. The first-order valence-corrected chi connectivity index (χ1v) is 6.53. The van der Waals surface area contributed by atoms with Crippen molar-refractivity contribution in [1.29, 1.82) is 0 Å². The summed E-state index contributed by atoms with van der Waals surface area (Å²) in [7, 11) is 1.39. The number of para-hydroxylation sites is 1. The van der Waals surface area contributed by atoms with E-state index >= 15 is 0 Å². The molecule has 2 aromatic rings. The fourth-order valence-corrected chi connectivity index (χ4v) is 1.98. The quantitative estimate of drug-likeness (QED) is 0.463. The van der Waals surface area contributed by atoms with E-state index in [1.807, 2.05) is 0 Å². The van der Waals surface area contributed by atoms with Crippen LogP contribution in [0, 0.1) is 10.1 Å². The predicted molar refractivity (Wildman–Crippen MR) is 74.2 cm³/mol. The van der Waals surface area contributed by atoms with Crippen molar-refractivity contribution < 1.29 is 14.1 Å². The third-order valence-electron chi connectivity index (χ3n) is 2.74. The Bertz CT molecular complexity index is 612. The first-order valence-electron chi connectivity index (χ1n) is 5.99. The fourth-order valence-electron chi connectivity index (χ4n) is 1.85. The van der Waals surface area contributed by atoms with Crippen LogP contribution in [0.4, 0.5) is 5.69 Å². The van der Waals surface area contributed by atoms with Gasteiger partial charge in [0.2, 0.25) is 5.75 Å². The minimum Gasteiger partial charge on any atom is -0.490 e. The Morgan fingerprint density at radius 2 is 2.30 bits per heavy atom. The average molecular weight is 297 g/mol. The van der Waals surface area contributed by atoms with Gasteiger partial charge in [-0.25, -0.2) is 4.98 Å². The number of hydrogen-bond acceptors (Lipinski definition) is 5. The van der Waals surface area contributed by atoms with Gasteiger partial charge in [-0.2, -0.15) is 0 Å². The molecule has 0 unspecified atom stereocenters. The summed E-state index contributed by atoms with van der Waals surface area (Å²) in [6.45, 7) is 0. The fraction of sp³-hybridized carbons (Fsp3) is 0.308. The summed E-state index contributed by atoms with van der Waals surface area (Å²) < 4.78 is 10.7. The van der Waals surface area contributed by atoms with Gasteiger partial charge in [0.1, 0.15) is 0 Å². The molecule has 0 N–H and O–H groups in total. The number of aryl methyl sites for hydroxylation is 1. The molecule has 1 aromatic carbocycles. The lowest BCUT2D eigenvalue weighted by Crippen LogP contribution is -1.95. The molecule has 0 fully saturated rings. The Balaban J connectivity index is 2.39. The molecule has 0 amide bonds. The van der Waals surface area contributed by atoms with E-state index in [9.17, 15) is 10.1 Å². The van der Waals surface area contributed by atoms with E-state index in [0.29, 0.717) is 29.5 Å². The Labute approximate surface area is 120 Å². The molecular weight excluding hydrogens is 284 g/mol. The summed E-state index contributed by atoms with van der Waals surface area (Å²) in [5, 5.41) is 11.0. The summed E-state index contributed by atoms with van der Waals surface area (Å²) in [6, 6.07) is 4.65. The number of ether oxygens (including phenoxy) is 1. The number of halogens is 1. The molecule has 0 saturated carbocycles. The lowest BCUT2D eigenvalue weighted by Gasteiger charge is -2.05. The van der Waals surface area contributed by atoms with Gasteiger partial charge >= 0.3 is 5.69 Å². The smallest absolute Gasteiger partial charge is 0.311 e. The highest BCUT2D eigenvalue weighted by Crippen LogP contribution is 2.37. The van der Waals surface area contributed by atoms with Crippen LogP contribution in [0.5, 0.6) is 5.75 Å². The van der Waals surface area contributed by atoms with Crippen LogP contribution in [0.2, 0.25) is 0 Å². The van der Waals surface area contributed by atoms with Crippen molar-refractivity contribution in [2.24, 2.45) is 0 Å². The lowest BCUT2D eigenvalue weighted by molar-refractivity contribution is -0.385. The maximum absolute atomic E-state index is 11.0. The number of aromatic nitrogens is 1. The van der Waals surface area contributed by atoms with Crippen molar-refractivity contribution in [3.05, 3.63) is 40.4 Å². The van der Waals surface area contributed by atoms with Gasteiger partial charge in [-0.3, -0.25) is 10.1 Å². The topological polar surface area (TPSA) is 78.4 Å². The molecule has 0 aliphatic rings. The molecule has 1 heterocycles. The van der Waals surface area contributed by atoms with Crippen LogP contribution in [0.15, 0.2) is 28.8 Å². The predicted octanol–water partition coefficient (Wildman–Crippen LogP) is 3.43. The van der Waals surface area contributed by atoms with E-state index in [0.717, 1.165) is 6.42 Å². The van der Waals surface area contributed by atoms with Crippen molar-refractivity contribution in [3.63, 3.8) is 0 Å². The second-order valence-electron chi connectivity index (χ2n) is 4.03. The van der Waals surface area contributed by atoms with Crippen LogP contribution in [0.25, 0.3) is 11.3 Å². The van der Waals surface area contributed by atoms with Gasteiger partial charge < -0.3 is 9.15 Å². The maximum Gasteiger partial charge on any atom is 0.311 e. The van der Waals surface area contributed by atoms with Crippen molar-refractivity contribution in [2.75, 3.05) is 13.0 Å². The number of benzene rings is 1. The van der Waals surface area contributed by atoms with Gasteiger partial charge in [0, 0.05) is 18.4 Å². The number of methoxy groups -OCH3 is 1. The first kappa shape index (κ1) is 14.3. The summed E-state index contributed by atoms with van der Waals surface area (Å²) >= 11 is 5.61. The number of nitro benzene ring substituents is 1. The maximum atomic E-state index is 11.0. The Morgan fingerprint density at radius 1 is 1.50 bits per heavy atom. The van der Waals surface area contributed by atoms with Gasteiger partial charge in [-0.05, 0) is 12.5 Å². The highest BCUT2D eigenvalue weighted by molar-refractivity contribution is 6.17. The molecular formula is C13H13ClN2O4. The number of hydrogen-bond donors (Lipinski definition) is 0. The highest BCUT2D eigenvalue weighted by atomic mass is 35.5. The molecule has 1 aromatic heterocycles. The zero-order valence-corrected chi connectivity index (χ0v) is 11.6. The highest BCUT2D eigenvalue weighted by Gasteiger charge is 2.21. The van der Waals surface area contributed by atoms with Crippen LogP contribution in [0.1, 0.15) is 12.3 Å². The molecule has 0 atom stereocenters. The van der Waals surface area contributed by atoms with Crippen LogP contribution in [0.3, 0.4) is 0 Å². The van der Waals surface area contributed by atoms with Crippen LogP contribution in [-0.2, 0) is 6.42 Å². The Kier molecular flexibility index (Phi) is 4.57. The number of nitro groups is 1. The number of oxazole rings is 1. The zero-order chi connectivity index (χ0) is 14.5. The third kappa shape index (κ3) is 2.91. The van der Waals surface area contributed by atoms with Crippen molar-refractivity contribution in [1.82, 2.24) is 4.98 Å². The summed E-state index contributed by atoms with van der Waals surface area (Å²) in [5.74, 6) is 1.68. The molecule has 0 saturated heterocycles. The van der Waals surface area contributed by atoms with E-state index in [1.54, 1.807) is 12.1 Å². The zero-order valence-electron chi connectivity index (χ0n) is 10.8. The second-order valence-corrected chi connectivity index (χ2v) is 4.40. The molecule has 2 rings (SSSR count). The summed E-state index contributed by atoms with van der Waals surface area (Å²) in [4.78, 5) is 14.6. The molecule has 6 nitrogen and oxygen atoms in total. The van der Waals surface area contributed by atoms with Crippen molar-refractivity contribution in [3.8, 4) is 17.1 Å². The number of alkyl halides is 1. The van der Waals surface area contributed by atoms with E-state index in [4.69, 9.17) is 20.8 Å². The molecule has 0 radical (unpaired) electrons. The monoisotopic (exact) mass is 296 g/mol. The van der Waals surface area contributed by atoms with Crippen LogP contribution in [-0.4, -0.2) is 22.9 Å². The molecule has 7 heteroatoms. The standard InChI is InChI=1S/C13H13ClN2O4/c1-19-13-9(4-2-5-10(13)16(17)18)11-8-15-12(20-11)6-3-7-14/h2,4-5,8H,3,6-7H2,1H3. The molecule has 20 heavy (non-hydrogen) atoms. The third-order valence-corrected chi connectivity index (χ3v) is 3.01. The SMILES string of the molecule is COc1c(-c2cnc(CCCCl)o2)cccc1[N+](=O)[O-]. The Morgan fingerprint density at radius 3 is 2.95 bits per heavy atom. The van der Waals surface area contributed by atoms with E-state index in [-0.39, 0.29) is 11.4 Å². The van der Waals surface area contributed by atoms with E-state index in [2.05, 4.69) is 4.98 Å². The van der Waals surface area contributed by atoms with Crippen LogP contribution >= 0.6 is 11.6 Å². The van der Waals surface area contributed by atoms with Crippen molar-refractivity contribution >= 4 is 17.3 Å². The summed E-state index contributed by atoms with van der Waals surface area (Å²) in [6.07, 6.45) is 2.92. The van der Waals surface area contributed by atoms with Crippen LogP contribution < -0.4 is 4.74 Å². The van der Waals surface area contributed by atoms with E-state index in [1.165, 1.54) is 19.4 Å². The minimum atomic E-state index is -0.493. The van der Waals surface area contributed by atoms with Gasteiger partial charge in [-0.1, -0.05) is 6.07 Å². The largest absolute Gasteiger partial charge is 0.490 e. The van der Waals surface area contributed by atoms with Gasteiger partial charge in [0.15, 0.2) is 11.7 Å². The van der Waals surface area contributed by atoms with Crippen molar-refractivity contribution in [2.45, 2.75) is 12.8 Å². The minimum absolute atomic E-state index is 0.108. The molecule has 0 aliphatic heterocycles. The molecule has 0 bridgehead atoms. The first-order chi connectivity index (χ1) is 9.67.